The summed E-state index contributed by atoms with van der Waals surface area (Å²) in [6.45, 7) is 2.12. The zero-order valence-corrected chi connectivity index (χ0v) is 20.5. The lowest BCUT2D eigenvalue weighted by Gasteiger charge is -2.16. The summed E-state index contributed by atoms with van der Waals surface area (Å²) in [6.07, 6.45) is 2.56. The Morgan fingerprint density at radius 3 is 2.36 bits per heavy atom. The number of carbonyl (C=O) groups excluding carboxylic acids is 1. The lowest BCUT2D eigenvalue weighted by atomic mass is 10.1. The smallest absolute Gasteiger partial charge is 0.251 e. The molecule has 0 spiro atoms. The molecule has 6 nitrogen and oxygen atoms in total. The number of hydrogen-bond donors (Lipinski definition) is 2. The molecule has 0 aliphatic rings. The quantitative estimate of drug-likeness (QED) is 0.416. The third-order valence-corrected chi connectivity index (χ3v) is 7.45. The van der Waals surface area contributed by atoms with Gasteiger partial charge >= 0.3 is 0 Å². The summed E-state index contributed by atoms with van der Waals surface area (Å²) < 4.78 is 33.8. The van der Waals surface area contributed by atoms with E-state index in [-0.39, 0.29) is 34.7 Å². The van der Waals surface area contributed by atoms with Gasteiger partial charge in [-0.25, -0.2) is 13.1 Å². The molecule has 0 aromatic heterocycles. The van der Waals surface area contributed by atoms with E-state index in [0.29, 0.717) is 6.42 Å². The number of nitrogens with one attached hydrogen (secondary N) is 2. The summed E-state index contributed by atoms with van der Waals surface area (Å²) in [6, 6.07) is 21.7. The lowest BCUT2D eigenvalue weighted by Crippen LogP contribution is -2.28. The van der Waals surface area contributed by atoms with Crippen molar-refractivity contribution in [3.05, 3.63) is 89.5 Å². The van der Waals surface area contributed by atoms with Crippen molar-refractivity contribution < 1.29 is 17.9 Å². The maximum atomic E-state index is 13.0. The fourth-order valence-corrected chi connectivity index (χ4v) is 4.97. The van der Waals surface area contributed by atoms with Crippen molar-refractivity contribution in [1.29, 1.82) is 0 Å². The maximum Gasteiger partial charge on any atom is 0.251 e. The first kappa shape index (κ1) is 24.8. The van der Waals surface area contributed by atoms with Gasteiger partial charge in [0.25, 0.3) is 5.91 Å². The van der Waals surface area contributed by atoms with Gasteiger partial charge in [0.05, 0.1) is 13.2 Å². The van der Waals surface area contributed by atoms with Gasteiger partial charge in [-0.05, 0) is 61.1 Å². The molecule has 1 atom stereocenters. The number of carbonyl (C=O) groups is 1. The molecule has 174 valence electrons. The van der Waals surface area contributed by atoms with E-state index in [1.165, 1.54) is 19.2 Å². The summed E-state index contributed by atoms with van der Waals surface area (Å²) in [5.74, 6) is -0.181. The Bertz CT molecular complexity index is 1180. The first-order valence-electron chi connectivity index (χ1n) is 10.5. The fourth-order valence-electron chi connectivity index (χ4n) is 3.34. The average Bonchev–Trinajstić information content (AvgIpc) is 2.84. The lowest BCUT2D eigenvalue weighted by molar-refractivity contribution is 0.0939. The zero-order chi connectivity index (χ0) is 23.8. The van der Waals surface area contributed by atoms with Gasteiger partial charge < -0.3 is 10.1 Å². The van der Waals surface area contributed by atoms with Crippen LogP contribution in [-0.4, -0.2) is 34.2 Å². The van der Waals surface area contributed by atoms with E-state index in [1.807, 2.05) is 67.8 Å². The summed E-state index contributed by atoms with van der Waals surface area (Å²) in [5.41, 5.74) is 2.23. The molecule has 0 saturated carbocycles. The second-order valence-electron chi connectivity index (χ2n) is 7.47. The Labute approximate surface area is 199 Å². The number of ether oxygens (including phenoxy) is 1. The second kappa shape index (κ2) is 11.4. The van der Waals surface area contributed by atoms with Crippen LogP contribution in [0.2, 0.25) is 0 Å². The molecule has 2 N–H and O–H groups in total. The monoisotopic (exact) mass is 484 g/mol. The highest BCUT2D eigenvalue weighted by atomic mass is 32.2. The Kier molecular flexibility index (Phi) is 8.55. The van der Waals surface area contributed by atoms with E-state index in [2.05, 4.69) is 10.0 Å². The Balaban J connectivity index is 1.73. The summed E-state index contributed by atoms with van der Waals surface area (Å²) in [5, 5.41) is 2.93. The van der Waals surface area contributed by atoms with Crippen LogP contribution in [-0.2, 0) is 16.4 Å². The van der Waals surface area contributed by atoms with Crippen molar-refractivity contribution in [2.75, 3.05) is 19.9 Å². The van der Waals surface area contributed by atoms with Crippen molar-refractivity contribution in [3.63, 3.8) is 0 Å². The minimum Gasteiger partial charge on any atom is -0.495 e. The molecule has 0 radical (unpaired) electrons. The van der Waals surface area contributed by atoms with Crippen LogP contribution in [0.25, 0.3) is 0 Å². The van der Waals surface area contributed by atoms with Gasteiger partial charge in [0.1, 0.15) is 10.6 Å². The van der Waals surface area contributed by atoms with Gasteiger partial charge in [0, 0.05) is 17.0 Å². The molecule has 1 amide bonds. The third kappa shape index (κ3) is 6.60. The normalized spacial score (nSPS) is 12.2. The van der Waals surface area contributed by atoms with E-state index in [4.69, 9.17) is 4.74 Å². The van der Waals surface area contributed by atoms with Crippen molar-refractivity contribution >= 4 is 27.7 Å². The average molecular weight is 485 g/mol. The fraction of sp³-hybridized carbons (Fsp3) is 0.240. The third-order valence-electron chi connectivity index (χ3n) is 5.23. The first-order valence-corrected chi connectivity index (χ1v) is 13.2. The number of benzene rings is 3. The number of rotatable bonds is 10. The van der Waals surface area contributed by atoms with E-state index in [9.17, 15) is 13.2 Å². The van der Waals surface area contributed by atoms with E-state index in [0.717, 1.165) is 16.0 Å². The van der Waals surface area contributed by atoms with Crippen molar-refractivity contribution in [2.45, 2.75) is 29.2 Å². The van der Waals surface area contributed by atoms with E-state index >= 15 is 0 Å². The molecule has 33 heavy (non-hydrogen) atoms. The SMILES string of the molecule is COc1ccc(C(=O)NC(C)c2ccc(SC)cc2)cc1S(=O)(=O)NCCc1ccccc1. The van der Waals surface area contributed by atoms with Gasteiger partial charge in [0.2, 0.25) is 10.0 Å². The first-order chi connectivity index (χ1) is 15.8. The number of thioether (sulfide) groups is 1. The van der Waals surface area contributed by atoms with Gasteiger partial charge in [-0.15, -0.1) is 11.8 Å². The van der Waals surface area contributed by atoms with Crippen LogP contribution < -0.4 is 14.8 Å². The minimum atomic E-state index is -3.87. The molecule has 3 aromatic rings. The van der Waals surface area contributed by atoms with Crippen molar-refractivity contribution in [2.24, 2.45) is 0 Å². The van der Waals surface area contributed by atoms with Crippen molar-refractivity contribution in [1.82, 2.24) is 10.0 Å². The maximum absolute atomic E-state index is 13.0. The topological polar surface area (TPSA) is 84.5 Å². The van der Waals surface area contributed by atoms with Crippen LogP contribution in [0, 0.1) is 0 Å². The highest BCUT2D eigenvalue weighted by Crippen LogP contribution is 2.25. The zero-order valence-electron chi connectivity index (χ0n) is 18.9. The Hall–Kier alpha value is -2.81. The van der Waals surface area contributed by atoms with E-state index in [1.54, 1.807) is 17.8 Å². The van der Waals surface area contributed by atoms with Crippen LogP contribution in [0.15, 0.2) is 82.6 Å². The van der Waals surface area contributed by atoms with Gasteiger partial charge in [-0.3, -0.25) is 4.79 Å². The van der Waals surface area contributed by atoms with Crippen LogP contribution in [0.4, 0.5) is 0 Å². The largest absolute Gasteiger partial charge is 0.495 e. The molecule has 1 unspecified atom stereocenters. The molecule has 0 bridgehead atoms. The predicted molar refractivity (Wildman–Crippen MR) is 132 cm³/mol. The number of methoxy groups -OCH3 is 1. The highest BCUT2D eigenvalue weighted by Gasteiger charge is 2.22. The van der Waals surface area contributed by atoms with Crippen LogP contribution in [0.1, 0.15) is 34.5 Å². The Morgan fingerprint density at radius 2 is 1.73 bits per heavy atom. The molecule has 0 aliphatic heterocycles. The van der Waals surface area contributed by atoms with Gasteiger partial charge in [0.15, 0.2) is 0 Å². The second-order valence-corrected chi connectivity index (χ2v) is 10.1. The number of amides is 1. The summed E-state index contributed by atoms with van der Waals surface area (Å²) in [4.78, 5) is 13.9. The minimum absolute atomic E-state index is 0.0670. The molecule has 8 heteroatoms. The molecular formula is C25H28N2O4S2. The molecule has 0 aliphatic carbocycles. The van der Waals surface area contributed by atoms with Crippen LogP contribution >= 0.6 is 11.8 Å². The molecular weight excluding hydrogens is 456 g/mol. The van der Waals surface area contributed by atoms with Crippen LogP contribution in [0.5, 0.6) is 5.75 Å². The summed E-state index contributed by atoms with van der Waals surface area (Å²) in [7, 11) is -2.47. The predicted octanol–water partition coefficient (Wildman–Crippen LogP) is 4.43. The molecule has 0 saturated heterocycles. The number of hydrogen-bond acceptors (Lipinski definition) is 5. The van der Waals surface area contributed by atoms with Gasteiger partial charge in [-0.2, -0.15) is 0 Å². The summed E-state index contributed by atoms with van der Waals surface area (Å²) >= 11 is 1.65. The Morgan fingerprint density at radius 1 is 1.03 bits per heavy atom. The molecule has 0 fully saturated rings. The highest BCUT2D eigenvalue weighted by molar-refractivity contribution is 7.98. The molecule has 3 rings (SSSR count). The standard InChI is InChI=1S/C25H28N2O4S2/c1-18(20-9-12-22(32-3)13-10-20)27-25(28)21-11-14-23(31-2)24(17-21)33(29,30)26-16-15-19-7-5-4-6-8-19/h4-14,17-18,26H,15-16H2,1-3H3,(H,27,28). The molecule has 0 heterocycles. The number of sulfonamides is 1. The molecule has 3 aromatic carbocycles. The van der Waals surface area contributed by atoms with Crippen LogP contribution in [0.3, 0.4) is 0 Å². The van der Waals surface area contributed by atoms with Crippen molar-refractivity contribution in [3.8, 4) is 5.75 Å². The van der Waals surface area contributed by atoms with E-state index < -0.39 is 10.0 Å². The van der Waals surface area contributed by atoms with Gasteiger partial charge in [-0.1, -0.05) is 42.5 Å².